The maximum Gasteiger partial charge on any atom is 0.213 e. The minimum absolute atomic E-state index is 0.727. The van der Waals surface area contributed by atoms with Crippen molar-refractivity contribution in [3.05, 3.63) is 18.6 Å². The molecule has 0 aliphatic heterocycles. The molecule has 0 atom stereocenters. The average molecular weight is 125 g/mol. The standard InChI is InChI=1S/C6H7NO2/c1-7(5-8)6-2-3-9-4-6/h2-5H,1H3. The van der Waals surface area contributed by atoms with Crippen LogP contribution in [0.2, 0.25) is 0 Å². The van der Waals surface area contributed by atoms with E-state index in [0.717, 1.165) is 12.1 Å². The summed E-state index contributed by atoms with van der Waals surface area (Å²) < 4.78 is 4.74. The van der Waals surface area contributed by atoms with E-state index < -0.39 is 0 Å². The van der Waals surface area contributed by atoms with Crippen molar-refractivity contribution in [1.82, 2.24) is 0 Å². The molecule has 1 aromatic rings. The fourth-order valence-electron chi connectivity index (χ4n) is 0.519. The highest BCUT2D eigenvalue weighted by Crippen LogP contribution is 2.09. The van der Waals surface area contributed by atoms with Gasteiger partial charge in [-0.2, -0.15) is 0 Å². The van der Waals surface area contributed by atoms with Crippen LogP contribution in [0.1, 0.15) is 0 Å². The number of anilines is 1. The van der Waals surface area contributed by atoms with Crippen LogP contribution in [-0.2, 0) is 4.79 Å². The number of rotatable bonds is 2. The van der Waals surface area contributed by atoms with Gasteiger partial charge in [0.15, 0.2) is 0 Å². The van der Waals surface area contributed by atoms with E-state index in [0.29, 0.717) is 0 Å². The monoisotopic (exact) mass is 125 g/mol. The number of hydrogen-bond acceptors (Lipinski definition) is 2. The second-order valence-electron chi connectivity index (χ2n) is 1.70. The summed E-state index contributed by atoms with van der Waals surface area (Å²) in [5.41, 5.74) is 0.769. The van der Waals surface area contributed by atoms with Crippen LogP contribution in [0.5, 0.6) is 0 Å². The van der Waals surface area contributed by atoms with Crippen LogP contribution in [0.15, 0.2) is 23.0 Å². The Morgan fingerprint density at radius 1 is 1.78 bits per heavy atom. The molecular weight excluding hydrogens is 118 g/mol. The summed E-state index contributed by atoms with van der Waals surface area (Å²) in [5.74, 6) is 0. The van der Waals surface area contributed by atoms with E-state index in [1.165, 1.54) is 17.4 Å². The maximum absolute atomic E-state index is 10.1. The highest BCUT2D eigenvalue weighted by molar-refractivity contribution is 5.73. The first kappa shape index (κ1) is 5.88. The first-order chi connectivity index (χ1) is 4.34. The van der Waals surface area contributed by atoms with Gasteiger partial charge in [0.1, 0.15) is 6.26 Å². The molecule has 9 heavy (non-hydrogen) atoms. The first-order valence-corrected chi connectivity index (χ1v) is 2.55. The van der Waals surface area contributed by atoms with Crippen LogP contribution >= 0.6 is 0 Å². The molecule has 1 amide bonds. The Balaban J connectivity index is 2.76. The summed E-state index contributed by atoms with van der Waals surface area (Å²) in [7, 11) is 1.66. The third-order valence-electron chi connectivity index (χ3n) is 1.07. The van der Waals surface area contributed by atoms with E-state index in [-0.39, 0.29) is 0 Å². The van der Waals surface area contributed by atoms with Crippen molar-refractivity contribution < 1.29 is 9.21 Å². The molecule has 0 bridgehead atoms. The van der Waals surface area contributed by atoms with Gasteiger partial charge in [-0.25, -0.2) is 0 Å². The van der Waals surface area contributed by atoms with E-state index in [1.807, 2.05) is 0 Å². The van der Waals surface area contributed by atoms with E-state index in [2.05, 4.69) is 0 Å². The number of furan rings is 1. The van der Waals surface area contributed by atoms with Gasteiger partial charge in [-0.3, -0.25) is 4.79 Å². The van der Waals surface area contributed by atoms with Crippen molar-refractivity contribution in [2.24, 2.45) is 0 Å². The van der Waals surface area contributed by atoms with Gasteiger partial charge in [-0.15, -0.1) is 0 Å². The molecule has 0 aliphatic rings. The maximum atomic E-state index is 10.1. The number of hydrogen-bond donors (Lipinski definition) is 0. The summed E-state index contributed by atoms with van der Waals surface area (Å²) in [6.07, 6.45) is 3.76. The molecular formula is C6H7NO2. The third-order valence-corrected chi connectivity index (χ3v) is 1.07. The molecule has 0 aliphatic carbocycles. The van der Waals surface area contributed by atoms with Gasteiger partial charge in [0.25, 0.3) is 0 Å². The lowest BCUT2D eigenvalue weighted by Crippen LogP contribution is -2.12. The average Bonchev–Trinajstić information content (AvgIpc) is 2.37. The van der Waals surface area contributed by atoms with Crippen molar-refractivity contribution in [3.8, 4) is 0 Å². The molecule has 1 heterocycles. The molecule has 48 valence electrons. The van der Waals surface area contributed by atoms with E-state index >= 15 is 0 Å². The van der Waals surface area contributed by atoms with Gasteiger partial charge in [0.05, 0.1) is 12.0 Å². The van der Waals surface area contributed by atoms with Crippen molar-refractivity contribution >= 4 is 12.1 Å². The number of carbonyl (C=O) groups excluding carboxylic acids is 1. The summed E-state index contributed by atoms with van der Waals surface area (Å²) in [5, 5.41) is 0. The lowest BCUT2D eigenvalue weighted by molar-refractivity contribution is -0.107. The van der Waals surface area contributed by atoms with Crippen LogP contribution in [-0.4, -0.2) is 13.5 Å². The molecule has 0 spiro atoms. The largest absolute Gasteiger partial charge is 0.470 e. The van der Waals surface area contributed by atoms with Gasteiger partial charge < -0.3 is 9.32 Å². The molecule has 0 N–H and O–H groups in total. The van der Waals surface area contributed by atoms with Crippen LogP contribution in [0, 0.1) is 0 Å². The lowest BCUT2D eigenvalue weighted by Gasteiger charge is -2.03. The molecule has 3 nitrogen and oxygen atoms in total. The number of carbonyl (C=O) groups is 1. The molecule has 0 saturated heterocycles. The van der Waals surface area contributed by atoms with Crippen molar-refractivity contribution in [2.75, 3.05) is 11.9 Å². The zero-order chi connectivity index (χ0) is 6.69. The van der Waals surface area contributed by atoms with Crippen molar-refractivity contribution in [1.29, 1.82) is 0 Å². The molecule has 0 radical (unpaired) electrons. The topological polar surface area (TPSA) is 33.5 Å². The molecule has 3 heteroatoms. The number of nitrogens with zero attached hydrogens (tertiary/aromatic N) is 1. The summed E-state index contributed by atoms with van der Waals surface area (Å²) in [6.45, 7) is 0. The van der Waals surface area contributed by atoms with Crippen LogP contribution in [0.25, 0.3) is 0 Å². The second-order valence-corrected chi connectivity index (χ2v) is 1.70. The van der Waals surface area contributed by atoms with E-state index in [1.54, 1.807) is 13.1 Å². The fourth-order valence-corrected chi connectivity index (χ4v) is 0.519. The van der Waals surface area contributed by atoms with Gasteiger partial charge in [-0.1, -0.05) is 0 Å². The molecule has 0 aromatic carbocycles. The zero-order valence-electron chi connectivity index (χ0n) is 5.07. The Morgan fingerprint density at radius 2 is 2.56 bits per heavy atom. The second kappa shape index (κ2) is 2.35. The Bertz CT molecular complexity index is 181. The summed E-state index contributed by atoms with van der Waals surface area (Å²) in [6, 6.07) is 1.72. The van der Waals surface area contributed by atoms with Crippen LogP contribution in [0.3, 0.4) is 0 Å². The molecule has 1 rings (SSSR count). The third kappa shape index (κ3) is 1.10. The Kier molecular flexibility index (Phi) is 1.53. The lowest BCUT2D eigenvalue weighted by atomic mass is 10.5. The highest BCUT2D eigenvalue weighted by Gasteiger charge is 1.96. The molecule has 0 unspecified atom stereocenters. The smallest absolute Gasteiger partial charge is 0.213 e. The van der Waals surface area contributed by atoms with Crippen LogP contribution in [0.4, 0.5) is 5.69 Å². The Hall–Kier alpha value is -1.25. The predicted octanol–water partition coefficient (Wildman–Crippen LogP) is 0.872. The van der Waals surface area contributed by atoms with E-state index in [4.69, 9.17) is 4.42 Å². The SMILES string of the molecule is CN(C=O)c1ccoc1. The number of amides is 1. The summed E-state index contributed by atoms with van der Waals surface area (Å²) in [4.78, 5) is 11.5. The van der Waals surface area contributed by atoms with Gasteiger partial charge in [0.2, 0.25) is 6.41 Å². The van der Waals surface area contributed by atoms with Crippen molar-refractivity contribution in [2.45, 2.75) is 0 Å². The van der Waals surface area contributed by atoms with Crippen molar-refractivity contribution in [3.63, 3.8) is 0 Å². The normalized spacial score (nSPS) is 9.00. The molecule has 0 fully saturated rings. The molecule has 1 aromatic heterocycles. The summed E-state index contributed by atoms with van der Waals surface area (Å²) >= 11 is 0. The Labute approximate surface area is 52.9 Å². The quantitative estimate of drug-likeness (QED) is 0.549. The first-order valence-electron chi connectivity index (χ1n) is 2.55. The predicted molar refractivity (Wildman–Crippen MR) is 33.2 cm³/mol. The molecule has 0 saturated carbocycles. The minimum atomic E-state index is 0.727. The van der Waals surface area contributed by atoms with Gasteiger partial charge in [0, 0.05) is 13.1 Å². The highest BCUT2D eigenvalue weighted by atomic mass is 16.3. The minimum Gasteiger partial charge on any atom is -0.470 e. The Morgan fingerprint density at radius 3 is 3.00 bits per heavy atom. The fraction of sp³-hybridized carbons (Fsp3) is 0.167. The zero-order valence-corrected chi connectivity index (χ0v) is 5.07. The van der Waals surface area contributed by atoms with E-state index in [9.17, 15) is 4.79 Å². The van der Waals surface area contributed by atoms with Gasteiger partial charge in [-0.05, 0) is 0 Å². The van der Waals surface area contributed by atoms with Gasteiger partial charge >= 0.3 is 0 Å². The van der Waals surface area contributed by atoms with Crippen LogP contribution < -0.4 is 4.90 Å².